The molecule has 6 atom stereocenters. The van der Waals surface area contributed by atoms with Gasteiger partial charge in [-0.3, -0.25) is 9.59 Å². The minimum absolute atomic E-state index is 0.0954. The van der Waals surface area contributed by atoms with Crippen molar-refractivity contribution in [1.29, 1.82) is 0 Å². The molecule has 1 saturated heterocycles. The summed E-state index contributed by atoms with van der Waals surface area (Å²) in [5.74, 6) is 1.52. The Morgan fingerprint density at radius 2 is 1.64 bits per heavy atom. The number of ether oxygens (including phenoxy) is 1. The number of carbonyl (C=O) groups is 3. The van der Waals surface area contributed by atoms with Crippen LogP contribution in [-0.2, 0) is 14.3 Å². The Morgan fingerprint density at radius 3 is 2.39 bits per heavy atom. The largest absolute Gasteiger partial charge is 0.431 e. The first kappa shape index (κ1) is 21.1. The zero-order valence-corrected chi connectivity index (χ0v) is 19.9. The minimum Gasteiger partial charge on any atom is -0.431 e. The molecule has 2 amide bonds. The lowest BCUT2D eigenvalue weighted by Gasteiger charge is -2.58. The summed E-state index contributed by atoms with van der Waals surface area (Å²) in [6, 6.07) is 7.51. The minimum atomic E-state index is -1.05. The molecule has 5 nitrogen and oxygen atoms in total. The van der Waals surface area contributed by atoms with Crippen molar-refractivity contribution in [2.45, 2.75) is 77.7 Å². The van der Waals surface area contributed by atoms with Gasteiger partial charge in [-0.05, 0) is 93.2 Å². The van der Waals surface area contributed by atoms with E-state index in [0.717, 1.165) is 44.1 Å². The van der Waals surface area contributed by atoms with E-state index in [0.29, 0.717) is 36.3 Å². The lowest BCUT2D eigenvalue weighted by atomic mass is 9.46. The van der Waals surface area contributed by atoms with Crippen LogP contribution in [0.1, 0.15) is 70.8 Å². The maximum atomic E-state index is 13.9. The van der Waals surface area contributed by atoms with Crippen molar-refractivity contribution in [1.82, 2.24) is 0 Å². The summed E-state index contributed by atoms with van der Waals surface area (Å²) >= 11 is 0. The Labute approximate surface area is 195 Å². The van der Waals surface area contributed by atoms with Crippen molar-refractivity contribution < 1.29 is 19.1 Å². The number of ketones is 1. The molecule has 5 aliphatic rings. The Balaban J connectivity index is 1.34. The van der Waals surface area contributed by atoms with Crippen molar-refractivity contribution >= 4 is 23.5 Å². The van der Waals surface area contributed by atoms with Crippen molar-refractivity contribution in [2.24, 2.45) is 28.6 Å². The lowest BCUT2D eigenvalue weighted by Crippen LogP contribution is -2.57. The smallest absolute Gasteiger partial charge is 0.422 e. The van der Waals surface area contributed by atoms with Gasteiger partial charge in [0.15, 0.2) is 11.4 Å². The molecule has 5 heteroatoms. The molecule has 0 bridgehead atoms. The van der Waals surface area contributed by atoms with Crippen LogP contribution in [0, 0.1) is 35.5 Å². The molecule has 33 heavy (non-hydrogen) atoms. The van der Waals surface area contributed by atoms with Crippen molar-refractivity contribution in [2.75, 3.05) is 4.90 Å². The Hall–Kier alpha value is -2.43. The molecule has 1 heterocycles. The van der Waals surface area contributed by atoms with Gasteiger partial charge >= 0.3 is 6.09 Å². The molecule has 0 N–H and O–H groups in total. The highest BCUT2D eigenvalue weighted by Gasteiger charge is 2.72. The second-order valence-electron chi connectivity index (χ2n) is 11.6. The molecule has 174 valence electrons. The molecule has 0 radical (unpaired) electrons. The molecule has 1 aromatic carbocycles. The van der Waals surface area contributed by atoms with E-state index in [1.165, 1.54) is 10.5 Å². The Kier molecular flexibility index (Phi) is 4.35. The molecule has 0 unspecified atom stereocenters. The molecule has 1 aliphatic heterocycles. The maximum absolute atomic E-state index is 13.9. The quantitative estimate of drug-likeness (QED) is 0.550. The number of hydrogen-bond acceptors (Lipinski definition) is 4. The highest BCUT2D eigenvalue weighted by molar-refractivity contribution is 6.20. The third kappa shape index (κ3) is 2.62. The zero-order chi connectivity index (χ0) is 23.2. The van der Waals surface area contributed by atoms with Crippen LogP contribution in [0.2, 0.25) is 0 Å². The van der Waals surface area contributed by atoms with E-state index >= 15 is 0 Å². The van der Waals surface area contributed by atoms with Gasteiger partial charge in [0.25, 0.3) is 5.91 Å². The van der Waals surface area contributed by atoms with E-state index in [9.17, 15) is 14.4 Å². The molecule has 4 fully saturated rings. The standard InChI is InChI=1S/C28H33NO4/c1-17-4-7-19(8-5-17)29-24(31)28(33-25(29)32)15-12-23-21-9-6-18-16-20(30)10-13-26(18,2)22(21)11-14-27(23,28)3/h4-5,7-8,16,21-23H,6,9-15H2,1-3H3/t21-,22+,23+,26+,27+,28+/m1/s1. The van der Waals surface area contributed by atoms with Crippen LogP contribution in [0.25, 0.3) is 0 Å². The van der Waals surface area contributed by atoms with Gasteiger partial charge in [-0.25, -0.2) is 9.69 Å². The number of nitrogens with zero attached hydrogens (tertiary/aromatic N) is 1. The third-order valence-electron chi connectivity index (χ3n) is 10.4. The van der Waals surface area contributed by atoms with Crippen molar-refractivity contribution in [3.05, 3.63) is 41.5 Å². The van der Waals surface area contributed by atoms with E-state index in [1.807, 2.05) is 37.3 Å². The third-order valence-corrected chi connectivity index (χ3v) is 10.4. The zero-order valence-electron chi connectivity index (χ0n) is 19.9. The second-order valence-corrected chi connectivity index (χ2v) is 11.6. The van der Waals surface area contributed by atoms with Gasteiger partial charge in [0, 0.05) is 11.8 Å². The van der Waals surface area contributed by atoms with E-state index in [1.54, 1.807) is 0 Å². The van der Waals surface area contributed by atoms with Crippen LogP contribution in [0.15, 0.2) is 35.9 Å². The summed E-state index contributed by atoms with van der Waals surface area (Å²) in [7, 11) is 0. The molecule has 6 rings (SSSR count). The summed E-state index contributed by atoms with van der Waals surface area (Å²) in [4.78, 5) is 40.3. The van der Waals surface area contributed by atoms with E-state index in [-0.39, 0.29) is 22.5 Å². The molecule has 1 aromatic rings. The molecule has 3 saturated carbocycles. The maximum Gasteiger partial charge on any atom is 0.422 e. The predicted octanol–water partition coefficient (Wildman–Crippen LogP) is 5.75. The first-order valence-corrected chi connectivity index (χ1v) is 12.6. The number of carbonyl (C=O) groups excluding carboxylic acids is 3. The first-order valence-electron chi connectivity index (χ1n) is 12.6. The van der Waals surface area contributed by atoms with E-state index in [4.69, 9.17) is 4.74 Å². The van der Waals surface area contributed by atoms with Crippen LogP contribution >= 0.6 is 0 Å². The van der Waals surface area contributed by atoms with Gasteiger partial charge in [0.1, 0.15) is 0 Å². The predicted molar refractivity (Wildman–Crippen MR) is 125 cm³/mol. The highest BCUT2D eigenvalue weighted by atomic mass is 16.6. The lowest BCUT2D eigenvalue weighted by molar-refractivity contribution is -0.151. The van der Waals surface area contributed by atoms with Gasteiger partial charge in [-0.2, -0.15) is 0 Å². The number of imide groups is 1. The second kappa shape index (κ2) is 6.80. The number of hydrogen-bond donors (Lipinski definition) is 0. The SMILES string of the molecule is Cc1ccc(N2C(=O)O[C@@]3(CC[C@H]4[C@@H]5CCC6=CC(=O)CC[C@]6(C)[C@H]5CC[C@@]43C)C2=O)cc1. The summed E-state index contributed by atoms with van der Waals surface area (Å²) in [6.07, 6.45) is 8.50. The molecule has 4 aliphatic carbocycles. The number of allylic oxidation sites excluding steroid dienone is 1. The summed E-state index contributed by atoms with van der Waals surface area (Å²) < 4.78 is 6.10. The van der Waals surface area contributed by atoms with Gasteiger partial charge < -0.3 is 4.74 Å². The van der Waals surface area contributed by atoms with Gasteiger partial charge in [0.05, 0.1) is 5.69 Å². The fraction of sp³-hybridized carbons (Fsp3) is 0.607. The molecule has 1 spiro atoms. The summed E-state index contributed by atoms with van der Waals surface area (Å²) in [6.45, 7) is 6.57. The highest BCUT2D eigenvalue weighted by Crippen LogP contribution is 2.69. The summed E-state index contributed by atoms with van der Waals surface area (Å²) in [5.41, 5.74) is 1.73. The first-order chi connectivity index (χ1) is 15.7. The summed E-state index contributed by atoms with van der Waals surface area (Å²) in [5, 5.41) is 0. The van der Waals surface area contributed by atoms with Gasteiger partial charge in [-0.15, -0.1) is 0 Å². The molecular weight excluding hydrogens is 414 g/mol. The van der Waals surface area contributed by atoms with Crippen LogP contribution in [0.4, 0.5) is 10.5 Å². The Bertz CT molecular complexity index is 1090. The van der Waals surface area contributed by atoms with Gasteiger partial charge in [0.2, 0.25) is 0 Å². The van der Waals surface area contributed by atoms with E-state index < -0.39 is 11.7 Å². The normalized spacial score (nSPS) is 42.0. The fourth-order valence-electron chi connectivity index (χ4n) is 8.49. The number of benzene rings is 1. The Morgan fingerprint density at radius 1 is 0.909 bits per heavy atom. The number of aryl methyl sites for hydroxylation is 1. The number of rotatable bonds is 1. The average molecular weight is 448 g/mol. The van der Waals surface area contributed by atoms with Crippen molar-refractivity contribution in [3.8, 4) is 0 Å². The van der Waals surface area contributed by atoms with Crippen LogP contribution < -0.4 is 4.90 Å². The number of fused-ring (bicyclic) bond motifs is 6. The fourth-order valence-corrected chi connectivity index (χ4v) is 8.49. The monoisotopic (exact) mass is 447 g/mol. The van der Waals surface area contributed by atoms with Crippen LogP contribution in [0.3, 0.4) is 0 Å². The average Bonchev–Trinajstić information content (AvgIpc) is 3.22. The molecular formula is C28H33NO4. The van der Waals surface area contributed by atoms with Crippen LogP contribution in [-0.4, -0.2) is 23.4 Å². The molecule has 0 aromatic heterocycles. The van der Waals surface area contributed by atoms with Crippen LogP contribution in [0.5, 0.6) is 0 Å². The van der Waals surface area contributed by atoms with Gasteiger partial charge in [-0.1, -0.05) is 37.1 Å². The number of anilines is 1. The number of amides is 2. The topological polar surface area (TPSA) is 63.7 Å². The van der Waals surface area contributed by atoms with Crippen molar-refractivity contribution in [3.63, 3.8) is 0 Å². The van der Waals surface area contributed by atoms with E-state index in [2.05, 4.69) is 13.8 Å².